The van der Waals surface area contributed by atoms with Crippen molar-refractivity contribution in [2.24, 2.45) is 50.2 Å². The summed E-state index contributed by atoms with van der Waals surface area (Å²) in [6.07, 6.45) is -21.6. The van der Waals surface area contributed by atoms with Gasteiger partial charge in [-0.15, -0.1) is 0 Å². The Hall–Kier alpha value is -2.74. The first kappa shape index (κ1) is 52.6. The van der Waals surface area contributed by atoms with Crippen molar-refractivity contribution in [1.29, 1.82) is 0 Å². The van der Waals surface area contributed by atoms with Crippen LogP contribution in [0.3, 0.4) is 0 Å². The minimum absolute atomic E-state index is 0.0173. The van der Waals surface area contributed by atoms with Gasteiger partial charge in [0.05, 0.1) is 18.1 Å². The van der Waals surface area contributed by atoms with Gasteiger partial charge in [-0.3, -0.25) is 9.59 Å². The molecule has 11 N–H and O–H groups in total. The van der Waals surface area contributed by atoms with Crippen molar-refractivity contribution in [3.05, 3.63) is 11.6 Å². The number of aliphatic hydroxyl groups excluding tert-OH is 9. The van der Waals surface area contributed by atoms with Crippen LogP contribution in [0.1, 0.15) is 106 Å². The summed E-state index contributed by atoms with van der Waals surface area (Å²) in [5.74, 6) is -4.80. The van der Waals surface area contributed by atoms with Crippen LogP contribution in [0.2, 0.25) is 0 Å². The Morgan fingerprint density at radius 2 is 1.23 bits per heavy atom. The summed E-state index contributed by atoms with van der Waals surface area (Å²) in [5, 5.41) is 114. The molecule has 0 unspecified atom stereocenters. The van der Waals surface area contributed by atoms with E-state index in [4.69, 9.17) is 28.4 Å². The van der Waals surface area contributed by atoms with E-state index in [-0.39, 0.29) is 23.0 Å². The standard InChI is InChI=1S/C48H72O21/c1-43(2)23-8-11-48(7)36(21(50)16-19-20-17-45(4,13-12-44(20,3)14-15-47(19,48)6)42(63)69-39-31(57)26(52)25(51)22(18-49)64-39)46(23,5)10-9-24(43)65-41-35(30(56)29(55)34(67-41)38(61)62)68-40-32(58)27(53)28(54)33(66-40)37(59)60/h16,20,22-36,39-41,49,51-58H,8-15,17-18H2,1-7H3,(H,59,60)(H,61,62)/t20-,22+,23-,24-,25+,26-,27-,28-,29-,30-,31+,32+,33-,34-,35+,36+,39-,40-,41+,44+,45-,46-,47+,48+/m0/s1. The van der Waals surface area contributed by atoms with Crippen LogP contribution in [0.4, 0.5) is 0 Å². The highest BCUT2D eigenvalue weighted by Gasteiger charge is 2.71. The van der Waals surface area contributed by atoms with E-state index in [2.05, 4.69) is 27.7 Å². The van der Waals surface area contributed by atoms with E-state index in [0.29, 0.717) is 44.9 Å². The fourth-order valence-corrected chi connectivity index (χ4v) is 14.8. The summed E-state index contributed by atoms with van der Waals surface area (Å²) >= 11 is 0. The molecule has 0 spiro atoms. The van der Waals surface area contributed by atoms with E-state index in [1.165, 1.54) is 0 Å². The average molecular weight is 985 g/mol. The quantitative estimate of drug-likeness (QED) is 0.102. The third-order valence-electron chi connectivity index (χ3n) is 19.3. The summed E-state index contributed by atoms with van der Waals surface area (Å²) in [4.78, 5) is 53.4. The molecule has 8 rings (SSSR count). The van der Waals surface area contributed by atoms with Gasteiger partial charge in [-0.2, -0.15) is 0 Å². The molecule has 4 saturated carbocycles. The number of hydrogen-bond donors (Lipinski definition) is 11. The molecule has 7 fully saturated rings. The van der Waals surface area contributed by atoms with Crippen LogP contribution in [-0.2, 0) is 47.6 Å². The van der Waals surface area contributed by atoms with Crippen LogP contribution in [0.15, 0.2) is 11.6 Å². The smallest absolute Gasteiger partial charge is 0.335 e. The molecule has 21 nitrogen and oxygen atoms in total. The van der Waals surface area contributed by atoms with Crippen LogP contribution in [0, 0.1) is 50.2 Å². The monoisotopic (exact) mass is 984 g/mol. The van der Waals surface area contributed by atoms with E-state index < -0.39 is 156 Å². The van der Waals surface area contributed by atoms with Crippen LogP contribution in [-0.4, -0.2) is 185 Å². The molecule has 24 atom stereocenters. The third-order valence-corrected chi connectivity index (χ3v) is 19.3. The summed E-state index contributed by atoms with van der Waals surface area (Å²) in [6.45, 7) is 13.9. The maximum Gasteiger partial charge on any atom is 0.335 e. The Balaban J connectivity index is 1.04. The molecule has 69 heavy (non-hydrogen) atoms. The third kappa shape index (κ3) is 8.13. The van der Waals surface area contributed by atoms with Crippen molar-refractivity contribution in [2.45, 2.75) is 204 Å². The predicted molar refractivity (Wildman–Crippen MR) is 232 cm³/mol. The molecular weight excluding hydrogens is 913 g/mol. The van der Waals surface area contributed by atoms with Gasteiger partial charge in [0.2, 0.25) is 6.29 Å². The number of rotatable bonds is 9. The zero-order chi connectivity index (χ0) is 50.9. The summed E-state index contributed by atoms with van der Waals surface area (Å²) in [7, 11) is 0. The van der Waals surface area contributed by atoms with Crippen LogP contribution >= 0.6 is 0 Å². The van der Waals surface area contributed by atoms with Gasteiger partial charge in [-0.05, 0) is 110 Å². The van der Waals surface area contributed by atoms with E-state index in [1.807, 2.05) is 19.9 Å². The van der Waals surface area contributed by atoms with E-state index in [0.717, 1.165) is 18.4 Å². The number of ketones is 1. The van der Waals surface area contributed by atoms with Gasteiger partial charge >= 0.3 is 17.9 Å². The molecule has 8 aliphatic rings. The number of ether oxygens (including phenoxy) is 6. The molecule has 21 heteroatoms. The Bertz CT molecular complexity index is 2050. The van der Waals surface area contributed by atoms with Gasteiger partial charge in [0.25, 0.3) is 0 Å². The molecule has 390 valence electrons. The predicted octanol–water partition coefficient (Wildman–Crippen LogP) is -0.496. The summed E-state index contributed by atoms with van der Waals surface area (Å²) < 4.78 is 34.7. The van der Waals surface area contributed by atoms with Crippen molar-refractivity contribution in [3.8, 4) is 0 Å². The number of aliphatic carboxylic acids is 2. The van der Waals surface area contributed by atoms with Crippen molar-refractivity contribution >= 4 is 23.7 Å². The largest absolute Gasteiger partial charge is 0.479 e. The Morgan fingerprint density at radius 3 is 1.86 bits per heavy atom. The molecule has 3 saturated heterocycles. The van der Waals surface area contributed by atoms with Crippen molar-refractivity contribution in [1.82, 2.24) is 0 Å². The lowest BCUT2D eigenvalue weighted by molar-refractivity contribution is -0.371. The van der Waals surface area contributed by atoms with Gasteiger partial charge in [-0.25, -0.2) is 9.59 Å². The van der Waals surface area contributed by atoms with Crippen LogP contribution < -0.4 is 0 Å². The van der Waals surface area contributed by atoms with E-state index >= 15 is 4.79 Å². The molecular formula is C48H72O21. The minimum Gasteiger partial charge on any atom is -0.479 e. The van der Waals surface area contributed by atoms with Gasteiger partial charge < -0.3 is 84.6 Å². The number of aliphatic hydroxyl groups is 9. The maximum absolute atomic E-state index is 15.2. The van der Waals surface area contributed by atoms with Gasteiger partial charge in [0, 0.05) is 5.92 Å². The normalized spacial score (nSPS) is 52.8. The zero-order valence-electron chi connectivity index (χ0n) is 40.1. The average Bonchev–Trinajstić information content (AvgIpc) is 3.27. The SMILES string of the molecule is CC1(C)[C@@H](O[C@@H]2O[C@H](C(=O)O)[C@@H](O)[C@H](O)[C@H]2O[C@@H]2O[C@H](C(=O)O)[C@@H](O)[C@H](O)[C@H]2O)CC[C@]2(C)[C@H]3C(=O)C=C4[C@@H]5C[C@@](C)(C(=O)O[C@@H]6O[C@H](CO)[C@@H](O)[C@H](O)[C@H]6O)CC[C@]5(C)CC[C@@]4(C)[C@]3(C)CC[C@@H]12. The zero-order valence-corrected chi connectivity index (χ0v) is 40.1. The van der Waals surface area contributed by atoms with Crippen molar-refractivity contribution < 1.29 is 104 Å². The number of fused-ring (bicyclic) bond motifs is 7. The Kier molecular flexibility index (Phi) is 13.7. The topological polar surface area (TPSA) is 346 Å². The maximum atomic E-state index is 15.2. The summed E-state index contributed by atoms with van der Waals surface area (Å²) in [5.41, 5.74) is -2.69. The van der Waals surface area contributed by atoms with E-state index in [9.17, 15) is 70.6 Å². The summed E-state index contributed by atoms with van der Waals surface area (Å²) in [6, 6.07) is 0. The minimum atomic E-state index is -2.08. The first-order chi connectivity index (χ1) is 32.0. The number of esters is 1. The van der Waals surface area contributed by atoms with Crippen LogP contribution in [0.25, 0.3) is 0 Å². The highest BCUT2D eigenvalue weighted by atomic mass is 16.8. The lowest BCUT2D eigenvalue weighted by Crippen LogP contribution is -2.68. The molecule has 0 bridgehead atoms. The van der Waals surface area contributed by atoms with Crippen LogP contribution in [0.5, 0.6) is 0 Å². The number of carbonyl (C=O) groups is 4. The second kappa shape index (κ2) is 18.0. The fraction of sp³-hybridized carbons (Fsp3) is 0.875. The lowest BCUT2D eigenvalue weighted by atomic mass is 9.33. The molecule has 0 radical (unpaired) electrons. The second-order valence-electron chi connectivity index (χ2n) is 23.4. The Labute approximate surface area is 399 Å². The molecule has 3 aliphatic heterocycles. The molecule has 0 aromatic carbocycles. The van der Waals surface area contributed by atoms with Gasteiger partial charge in [0.1, 0.15) is 61.0 Å². The number of carbonyl (C=O) groups excluding carboxylic acids is 2. The molecule has 0 amide bonds. The lowest BCUT2D eigenvalue weighted by Gasteiger charge is -2.70. The molecule has 3 heterocycles. The number of allylic oxidation sites excluding steroid dienone is 2. The molecule has 5 aliphatic carbocycles. The van der Waals surface area contributed by atoms with Crippen molar-refractivity contribution in [3.63, 3.8) is 0 Å². The first-order valence-electron chi connectivity index (χ1n) is 24.3. The van der Waals surface area contributed by atoms with Crippen molar-refractivity contribution in [2.75, 3.05) is 6.61 Å². The second-order valence-corrected chi connectivity index (χ2v) is 23.4. The highest BCUT2D eigenvalue weighted by Crippen LogP contribution is 2.75. The fourth-order valence-electron chi connectivity index (χ4n) is 14.8. The highest BCUT2D eigenvalue weighted by molar-refractivity contribution is 5.95. The molecule has 0 aromatic heterocycles. The van der Waals surface area contributed by atoms with Gasteiger partial charge in [-0.1, -0.05) is 47.1 Å². The number of carboxylic acids is 2. The number of hydrogen-bond acceptors (Lipinski definition) is 19. The van der Waals surface area contributed by atoms with E-state index in [1.54, 1.807) is 6.92 Å². The number of carboxylic acid groups (broad SMARTS) is 2. The first-order valence-corrected chi connectivity index (χ1v) is 24.3. The molecule has 0 aromatic rings. The Morgan fingerprint density at radius 1 is 0.652 bits per heavy atom. The van der Waals surface area contributed by atoms with Gasteiger partial charge in [0.15, 0.2) is 30.6 Å².